The molecule has 0 aromatic carbocycles. The van der Waals surface area contributed by atoms with Crippen molar-refractivity contribution in [1.82, 2.24) is 0 Å². The molecule has 4 fully saturated rings. The largest absolute Gasteiger partial charge is 0.0625 e. The maximum absolute atomic E-state index is 2.66. The second kappa shape index (κ2) is 5.27. The molecule has 0 amide bonds. The third kappa shape index (κ3) is 2.22. The first-order valence-electron chi connectivity index (χ1n) is 10.1. The maximum Gasteiger partial charge on any atom is -0.0295 e. The average Bonchev–Trinajstić information content (AvgIpc) is 2.87. The molecule has 0 aromatic heterocycles. The molecule has 0 radical (unpaired) electrons. The molecule has 4 aliphatic carbocycles. The molecular formula is C21H36. The van der Waals surface area contributed by atoms with Crippen molar-refractivity contribution in [1.29, 1.82) is 0 Å². The Balaban J connectivity index is 1.67. The Kier molecular flexibility index (Phi) is 3.66. The van der Waals surface area contributed by atoms with E-state index in [2.05, 4.69) is 20.8 Å². The minimum absolute atomic E-state index is 0.732. The molecule has 120 valence electrons. The Bertz CT molecular complexity index is 383. The van der Waals surface area contributed by atoms with E-state index in [9.17, 15) is 0 Å². The van der Waals surface area contributed by atoms with Crippen molar-refractivity contribution in [3.05, 3.63) is 0 Å². The van der Waals surface area contributed by atoms with E-state index in [0.29, 0.717) is 0 Å². The van der Waals surface area contributed by atoms with E-state index in [4.69, 9.17) is 0 Å². The molecule has 4 saturated carbocycles. The van der Waals surface area contributed by atoms with Crippen LogP contribution in [-0.4, -0.2) is 0 Å². The molecule has 0 spiro atoms. The fourth-order valence-corrected chi connectivity index (χ4v) is 7.65. The predicted octanol–water partition coefficient (Wildman–Crippen LogP) is 6.30. The summed E-state index contributed by atoms with van der Waals surface area (Å²) in [6.07, 6.45) is 15.6. The summed E-state index contributed by atoms with van der Waals surface area (Å²) in [7, 11) is 0. The van der Waals surface area contributed by atoms with Crippen LogP contribution in [0.15, 0.2) is 0 Å². The van der Waals surface area contributed by atoms with Gasteiger partial charge in [0.15, 0.2) is 0 Å². The van der Waals surface area contributed by atoms with Crippen LogP contribution in [0, 0.1) is 46.8 Å². The highest BCUT2D eigenvalue weighted by molar-refractivity contribution is 5.05. The van der Waals surface area contributed by atoms with E-state index >= 15 is 0 Å². The lowest BCUT2D eigenvalue weighted by atomic mass is 9.47. The van der Waals surface area contributed by atoms with Crippen molar-refractivity contribution in [2.45, 2.75) is 85.0 Å². The fourth-order valence-electron chi connectivity index (χ4n) is 7.65. The lowest BCUT2D eigenvalue weighted by Gasteiger charge is -2.58. The van der Waals surface area contributed by atoms with Crippen LogP contribution in [-0.2, 0) is 0 Å². The number of hydrogen-bond donors (Lipinski definition) is 0. The van der Waals surface area contributed by atoms with E-state index in [1.54, 1.807) is 51.4 Å². The highest BCUT2D eigenvalue weighted by atomic mass is 14.6. The quantitative estimate of drug-likeness (QED) is 0.531. The first-order valence-corrected chi connectivity index (χ1v) is 10.1. The van der Waals surface area contributed by atoms with Gasteiger partial charge in [-0.15, -0.1) is 0 Å². The van der Waals surface area contributed by atoms with Gasteiger partial charge in [0, 0.05) is 0 Å². The zero-order valence-corrected chi connectivity index (χ0v) is 14.6. The van der Waals surface area contributed by atoms with Crippen molar-refractivity contribution in [3.8, 4) is 0 Å². The smallest absolute Gasteiger partial charge is 0.0295 e. The molecule has 0 saturated heterocycles. The van der Waals surface area contributed by atoms with Crippen LogP contribution in [0.3, 0.4) is 0 Å². The molecule has 7 atom stereocenters. The highest BCUT2D eigenvalue weighted by Gasteiger charge is 2.56. The van der Waals surface area contributed by atoms with Gasteiger partial charge in [0.1, 0.15) is 0 Å². The Morgan fingerprint density at radius 1 is 0.857 bits per heavy atom. The van der Waals surface area contributed by atoms with Gasteiger partial charge < -0.3 is 0 Å². The number of rotatable bonds is 1. The molecule has 0 aliphatic heterocycles. The van der Waals surface area contributed by atoms with E-state index in [-0.39, 0.29) is 0 Å². The summed E-state index contributed by atoms with van der Waals surface area (Å²) < 4.78 is 0. The van der Waals surface area contributed by atoms with Gasteiger partial charge in [-0.25, -0.2) is 0 Å². The van der Waals surface area contributed by atoms with Crippen molar-refractivity contribution < 1.29 is 0 Å². The van der Waals surface area contributed by atoms with Crippen LogP contribution >= 0.6 is 0 Å². The summed E-state index contributed by atoms with van der Waals surface area (Å²) in [4.78, 5) is 0. The van der Waals surface area contributed by atoms with Crippen LogP contribution in [0.25, 0.3) is 0 Å². The number of fused-ring (bicyclic) bond motifs is 5. The predicted molar refractivity (Wildman–Crippen MR) is 90.1 cm³/mol. The molecule has 6 unspecified atom stereocenters. The first-order chi connectivity index (χ1) is 10.1. The van der Waals surface area contributed by atoms with E-state index in [1.807, 2.05) is 0 Å². The summed E-state index contributed by atoms with van der Waals surface area (Å²) in [6, 6.07) is 0. The van der Waals surface area contributed by atoms with Gasteiger partial charge in [-0.2, -0.15) is 0 Å². The van der Waals surface area contributed by atoms with Gasteiger partial charge >= 0.3 is 0 Å². The van der Waals surface area contributed by atoms with Crippen LogP contribution < -0.4 is 0 Å². The standard InChI is InChI=1S/C21H36/c1-14(2)18-13-15-7-4-5-8-16(15)17-10-12-21(3)11-6-9-19(21)20(17)18/h14-20H,4-13H2,1-3H3/t15?,16?,17?,18?,19-,20?,21?/m0/s1. The summed E-state index contributed by atoms with van der Waals surface area (Å²) in [5.41, 5.74) is 0.732. The van der Waals surface area contributed by atoms with Gasteiger partial charge in [0.25, 0.3) is 0 Å². The van der Waals surface area contributed by atoms with Gasteiger partial charge in [0.2, 0.25) is 0 Å². The summed E-state index contributed by atoms with van der Waals surface area (Å²) >= 11 is 0. The monoisotopic (exact) mass is 288 g/mol. The molecule has 4 aliphatic rings. The Morgan fingerprint density at radius 2 is 1.67 bits per heavy atom. The minimum Gasteiger partial charge on any atom is -0.0625 e. The average molecular weight is 289 g/mol. The second-order valence-electron chi connectivity index (χ2n) is 9.78. The third-order valence-corrected chi connectivity index (χ3v) is 8.61. The lowest BCUT2D eigenvalue weighted by Crippen LogP contribution is -2.51. The van der Waals surface area contributed by atoms with Gasteiger partial charge in [-0.05, 0) is 85.4 Å². The van der Waals surface area contributed by atoms with Crippen molar-refractivity contribution in [2.24, 2.45) is 46.8 Å². The number of hydrogen-bond acceptors (Lipinski definition) is 0. The molecule has 0 heteroatoms. The zero-order chi connectivity index (χ0) is 14.6. The molecule has 4 rings (SSSR count). The highest BCUT2D eigenvalue weighted by Crippen LogP contribution is 2.64. The van der Waals surface area contributed by atoms with Crippen molar-refractivity contribution in [2.75, 3.05) is 0 Å². The molecule has 21 heavy (non-hydrogen) atoms. The van der Waals surface area contributed by atoms with Crippen LogP contribution in [0.1, 0.15) is 85.0 Å². The molecule has 0 N–H and O–H groups in total. The summed E-state index contributed by atoms with van der Waals surface area (Å²) in [5.74, 6) is 7.52. The lowest BCUT2D eigenvalue weighted by molar-refractivity contribution is -0.0950. The third-order valence-electron chi connectivity index (χ3n) is 8.61. The summed E-state index contributed by atoms with van der Waals surface area (Å²) in [5, 5.41) is 0. The van der Waals surface area contributed by atoms with Crippen molar-refractivity contribution in [3.63, 3.8) is 0 Å². The van der Waals surface area contributed by atoms with Gasteiger partial charge in [-0.1, -0.05) is 46.5 Å². The molecular weight excluding hydrogens is 252 g/mol. The van der Waals surface area contributed by atoms with E-state index in [1.165, 1.54) is 12.8 Å². The second-order valence-corrected chi connectivity index (χ2v) is 9.78. The van der Waals surface area contributed by atoms with Crippen LogP contribution in [0.4, 0.5) is 0 Å². The fraction of sp³-hybridized carbons (Fsp3) is 1.00. The first kappa shape index (κ1) is 14.6. The molecule has 0 heterocycles. The Morgan fingerprint density at radius 3 is 2.48 bits per heavy atom. The SMILES string of the molecule is CC(C)C1CC2CCCCC2C2CCC3(C)CCC[C@H]3C12. The maximum atomic E-state index is 2.66. The zero-order valence-electron chi connectivity index (χ0n) is 14.6. The Hall–Kier alpha value is 0. The topological polar surface area (TPSA) is 0 Å². The van der Waals surface area contributed by atoms with E-state index < -0.39 is 0 Å². The molecule has 0 bridgehead atoms. The molecule has 0 nitrogen and oxygen atoms in total. The Labute approximate surface area is 132 Å². The summed E-state index contributed by atoms with van der Waals surface area (Å²) in [6.45, 7) is 7.72. The normalized spacial score (nSPS) is 53.1. The van der Waals surface area contributed by atoms with E-state index in [0.717, 1.165) is 46.8 Å². The van der Waals surface area contributed by atoms with Crippen molar-refractivity contribution >= 4 is 0 Å². The van der Waals surface area contributed by atoms with Crippen LogP contribution in [0.5, 0.6) is 0 Å². The van der Waals surface area contributed by atoms with Gasteiger partial charge in [0.05, 0.1) is 0 Å². The molecule has 0 aromatic rings. The minimum atomic E-state index is 0.732. The van der Waals surface area contributed by atoms with Crippen LogP contribution in [0.2, 0.25) is 0 Å². The van der Waals surface area contributed by atoms with Gasteiger partial charge in [-0.3, -0.25) is 0 Å².